The molecule has 0 fully saturated rings. The van der Waals surface area contributed by atoms with E-state index in [0.29, 0.717) is 0 Å². The summed E-state index contributed by atoms with van der Waals surface area (Å²) in [4.78, 5) is 5.15. The Kier molecular flexibility index (Phi) is 8.71. The van der Waals surface area contributed by atoms with Crippen LogP contribution in [-0.4, -0.2) is 6.71 Å². The number of nitrogens with zero attached hydrogens (tertiary/aromatic N) is 2. The van der Waals surface area contributed by atoms with Crippen molar-refractivity contribution < 1.29 is 4.42 Å². The third kappa shape index (κ3) is 6.28. The molecule has 9 aromatic rings. The van der Waals surface area contributed by atoms with Gasteiger partial charge in [0.15, 0.2) is 0 Å². The maximum absolute atomic E-state index is 6.99. The number of fused-ring (bicyclic) bond motifs is 11. The number of hydrogen-bond donors (Lipinski definition) is 0. The van der Waals surface area contributed by atoms with Crippen molar-refractivity contribution in [3.8, 4) is 11.1 Å². The molecule has 0 radical (unpaired) electrons. The summed E-state index contributed by atoms with van der Waals surface area (Å²) in [7, 11) is 0. The molecule has 3 aliphatic rings. The average Bonchev–Trinajstić information content (AvgIpc) is 4.00. The Morgan fingerprint density at radius 3 is 1.78 bits per heavy atom. The van der Waals surface area contributed by atoms with E-state index in [-0.39, 0.29) is 23.0 Å². The van der Waals surface area contributed by atoms with Crippen LogP contribution in [0.15, 0.2) is 132 Å². The molecule has 0 saturated carbocycles. The van der Waals surface area contributed by atoms with Gasteiger partial charge in [0.1, 0.15) is 11.2 Å². The number of furan rings is 1. The number of aryl methyl sites for hydroxylation is 3. The lowest BCUT2D eigenvalue weighted by molar-refractivity contribution is 0.590. The van der Waals surface area contributed by atoms with Crippen LogP contribution < -0.4 is 25.5 Å². The minimum absolute atomic E-state index is 0.00294. The molecule has 322 valence electrons. The fraction of sp³-hybridized carbons (Fsp3) is 0.267. The van der Waals surface area contributed by atoms with E-state index in [1.807, 2.05) is 11.3 Å². The molecule has 4 heterocycles. The predicted octanol–water partition coefficient (Wildman–Crippen LogP) is 15.2. The quantitative estimate of drug-likeness (QED) is 0.165. The van der Waals surface area contributed by atoms with E-state index in [1.165, 1.54) is 116 Å². The minimum Gasteiger partial charge on any atom is -0.456 e. The van der Waals surface area contributed by atoms with Gasteiger partial charge in [-0.25, -0.2) is 0 Å². The second-order valence-electron chi connectivity index (χ2n) is 22.2. The number of thiophene rings is 1. The van der Waals surface area contributed by atoms with Gasteiger partial charge < -0.3 is 14.2 Å². The molecule has 3 nitrogen and oxygen atoms in total. The van der Waals surface area contributed by atoms with E-state index >= 15 is 0 Å². The largest absolute Gasteiger partial charge is 0.456 e. The number of hydrogen-bond acceptors (Lipinski definition) is 4. The molecule has 0 saturated heterocycles. The third-order valence-corrected chi connectivity index (χ3v) is 15.9. The number of benzene rings is 7. The van der Waals surface area contributed by atoms with E-state index in [9.17, 15) is 0 Å². The lowest BCUT2D eigenvalue weighted by atomic mass is 9.36. The summed E-state index contributed by atoms with van der Waals surface area (Å²) in [5.74, 6) is 0. The Balaban J connectivity index is 1.13. The van der Waals surface area contributed by atoms with Gasteiger partial charge in [-0.15, -0.1) is 11.3 Å². The fourth-order valence-electron chi connectivity index (χ4n) is 11.1. The van der Waals surface area contributed by atoms with Crippen molar-refractivity contribution >= 4 is 99.9 Å². The van der Waals surface area contributed by atoms with Gasteiger partial charge in [0.05, 0.1) is 5.69 Å². The van der Waals surface area contributed by atoms with Gasteiger partial charge >= 0.3 is 0 Å². The van der Waals surface area contributed by atoms with Gasteiger partial charge in [0.2, 0.25) is 0 Å². The second-order valence-corrected chi connectivity index (χ2v) is 23.3. The van der Waals surface area contributed by atoms with Crippen LogP contribution >= 0.6 is 11.3 Å². The van der Waals surface area contributed by atoms with Crippen LogP contribution in [0, 0.1) is 6.92 Å². The first kappa shape index (κ1) is 40.5. The first-order valence-corrected chi connectivity index (χ1v) is 24.5. The highest BCUT2D eigenvalue weighted by Crippen LogP contribution is 2.50. The third-order valence-electron chi connectivity index (χ3n) is 14.7. The molecule has 0 spiro atoms. The molecule has 2 aromatic heterocycles. The molecule has 12 rings (SSSR count). The highest BCUT2D eigenvalue weighted by molar-refractivity contribution is 7.33. The molecule has 0 N–H and O–H groups in total. The van der Waals surface area contributed by atoms with Crippen LogP contribution in [0.25, 0.3) is 43.2 Å². The average molecular weight is 865 g/mol. The van der Waals surface area contributed by atoms with E-state index in [2.05, 4.69) is 206 Å². The number of rotatable bonds is 3. The van der Waals surface area contributed by atoms with Crippen LogP contribution in [0.3, 0.4) is 0 Å². The van der Waals surface area contributed by atoms with Gasteiger partial charge in [-0.05, 0) is 146 Å². The Labute approximate surface area is 388 Å². The first-order chi connectivity index (χ1) is 31.0. The highest BCUT2D eigenvalue weighted by Gasteiger charge is 2.46. The van der Waals surface area contributed by atoms with E-state index in [4.69, 9.17) is 4.42 Å². The second kappa shape index (κ2) is 14.0. The SMILES string of the molecule is Cc1cc2c3c(c1)N(c1ccc(-c4ccc(C(C)(C)C)cc4)cc1)c1c(sc4ccc(C(C)(C)C)cc14)B3c1cc3c(cc1N2c1ccc(C(C)(C)C)cc1)oc1c2c(ccc13)CCC2. The van der Waals surface area contributed by atoms with Crippen molar-refractivity contribution in [2.75, 3.05) is 9.80 Å². The summed E-state index contributed by atoms with van der Waals surface area (Å²) < 4.78 is 9.71. The smallest absolute Gasteiger partial charge is 0.264 e. The van der Waals surface area contributed by atoms with Gasteiger partial charge in [-0.2, -0.15) is 0 Å². The maximum Gasteiger partial charge on any atom is 0.264 e. The minimum atomic E-state index is 0.00294. The summed E-state index contributed by atoms with van der Waals surface area (Å²) in [5, 5.41) is 3.76. The Bertz CT molecular complexity index is 3400. The molecule has 0 unspecified atom stereocenters. The summed E-state index contributed by atoms with van der Waals surface area (Å²) in [6.07, 6.45) is 3.40. The highest BCUT2D eigenvalue weighted by atomic mass is 32.1. The number of anilines is 6. The Morgan fingerprint density at radius 1 is 0.538 bits per heavy atom. The molecule has 7 aromatic carbocycles. The van der Waals surface area contributed by atoms with Crippen molar-refractivity contribution in [2.45, 2.75) is 105 Å². The molecule has 65 heavy (non-hydrogen) atoms. The molecular weight excluding hydrogens is 808 g/mol. The van der Waals surface area contributed by atoms with E-state index in [1.54, 1.807) is 0 Å². The van der Waals surface area contributed by atoms with E-state index in [0.717, 1.165) is 29.7 Å². The zero-order valence-corrected chi connectivity index (χ0v) is 40.4. The fourth-order valence-corrected chi connectivity index (χ4v) is 12.4. The zero-order chi connectivity index (χ0) is 44.9. The van der Waals surface area contributed by atoms with Crippen LogP contribution in [0.4, 0.5) is 34.1 Å². The summed E-state index contributed by atoms with van der Waals surface area (Å²) >= 11 is 1.97. The van der Waals surface area contributed by atoms with Crippen LogP contribution in [0.2, 0.25) is 0 Å². The maximum atomic E-state index is 6.99. The summed E-state index contributed by atoms with van der Waals surface area (Å²) in [6.45, 7) is 23.0. The lowest BCUT2D eigenvalue weighted by Crippen LogP contribution is -2.60. The molecule has 0 bridgehead atoms. The standard InChI is InChI=1S/C60H57BN2OS/c1-35-30-50-54-51(31-35)63(43-24-16-37(17-25-43)36-14-19-39(20-15-36)58(2,3)4)55-47-32-41(60(8,9)10)23-29-53(47)65-57(55)61(54)48-33-46-45-28-18-38-12-11-13-44(38)56(45)64-52(46)34-49(48)62(50)42-26-21-40(22-27-42)59(5,6)7/h14-34H,11-13H2,1-10H3. The molecule has 5 heteroatoms. The molecule has 0 amide bonds. The summed E-state index contributed by atoms with van der Waals surface area (Å²) in [6, 6.07) is 49.5. The van der Waals surface area contributed by atoms with Crippen LogP contribution in [-0.2, 0) is 29.1 Å². The van der Waals surface area contributed by atoms with E-state index < -0.39 is 0 Å². The molecule has 2 aliphatic heterocycles. The monoisotopic (exact) mass is 864 g/mol. The molecular formula is C60H57BN2OS. The van der Waals surface area contributed by atoms with Crippen LogP contribution in [0.5, 0.6) is 0 Å². The van der Waals surface area contributed by atoms with Crippen molar-refractivity contribution in [3.63, 3.8) is 0 Å². The van der Waals surface area contributed by atoms with Gasteiger partial charge in [-0.3, -0.25) is 0 Å². The zero-order valence-electron chi connectivity index (χ0n) is 39.5. The normalized spacial score (nSPS) is 14.6. The topological polar surface area (TPSA) is 19.6 Å². The van der Waals surface area contributed by atoms with Crippen molar-refractivity contribution in [1.82, 2.24) is 0 Å². The predicted molar refractivity (Wildman–Crippen MR) is 281 cm³/mol. The molecule has 0 atom stereocenters. The summed E-state index contributed by atoms with van der Waals surface area (Å²) in [5.41, 5.74) is 22.8. The molecule has 1 aliphatic carbocycles. The van der Waals surface area contributed by atoms with Gasteiger partial charge in [-0.1, -0.05) is 135 Å². The Morgan fingerprint density at radius 2 is 1.12 bits per heavy atom. The van der Waals surface area contributed by atoms with Crippen molar-refractivity contribution in [3.05, 3.63) is 161 Å². The lowest BCUT2D eigenvalue weighted by Gasteiger charge is -2.43. The van der Waals surface area contributed by atoms with Gasteiger partial charge in [0, 0.05) is 60.1 Å². The van der Waals surface area contributed by atoms with Gasteiger partial charge in [0.25, 0.3) is 6.71 Å². The first-order valence-electron chi connectivity index (χ1n) is 23.7. The van der Waals surface area contributed by atoms with Crippen molar-refractivity contribution in [1.29, 1.82) is 0 Å². The van der Waals surface area contributed by atoms with Crippen molar-refractivity contribution in [2.24, 2.45) is 0 Å². The Hall–Kier alpha value is -6.04. The van der Waals surface area contributed by atoms with Crippen LogP contribution in [0.1, 0.15) is 102 Å².